The van der Waals surface area contributed by atoms with Gasteiger partial charge in [-0.1, -0.05) is 71.9 Å². The smallest absolute Gasteiger partial charge is 0.331 e. The highest BCUT2D eigenvalue weighted by Crippen LogP contribution is 2.43. The maximum atomic E-state index is 11.7. The SMILES string of the molecule is CC(C)[Si](O[C@H](Cc1ccccc1)C(=O)O)(C(C)C)C(C)C. The molecular weight excluding hydrogens is 292 g/mol. The van der Waals surface area contributed by atoms with Gasteiger partial charge >= 0.3 is 5.97 Å². The van der Waals surface area contributed by atoms with Crippen LogP contribution < -0.4 is 0 Å². The van der Waals surface area contributed by atoms with Gasteiger partial charge in [0, 0.05) is 6.42 Å². The van der Waals surface area contributed by atoms with Crippen LogP contribution in [0.2, 0.25) is 16.6 Å². The summed E-state index contributed by atoms with van der Waals surface area (Å²) in [5.41, 5.74) is 2.15. The van der Waals surface area contributed by atoms with E-state index in [9.17, 15) is 9.90 Å². The zero-order valence-electron chi connectivity index (χ0n) is 14.7. The molecule has 3 nitrogen and oxygen atoms in total. The quantitative estimate of drug-likeness (QED) is 0.694. The van der Waals surface area contributed by atoms with Gasteiger partial charge in [0.25, 0.3) is 0 Å². The molecule has 124 valence electrons. The first-order valence-electron chi connectivity index (χ1n) is 8.16. The molecule has 1 aromatic carbocycles. The summed E-state index contributed by atoms with van der Waals surface area (Å²) in [6.07, 6.45) is -0.335. The summed E-state index contributed by atoms with van der Waals surface area (Å²) in [5, 5.41) is 9.64. The Kier molecular flexibility index (Phi) is 6.82. The van der Waals surface area contributed by atoms with Crippen LogP contribution in [0.25, 0.3) is 0 Å². The molecule has 1 atom stereocenters. The zero-order valence-corrected chi connectivity index (χ0v) is 15.7. The molecule has 0 spiro atoms. The summed E-state index contributed by atoms with van der Waals surface area (Å²) in [6.45, 7) is 13.0. The van der Waals surface area contributed by atoms with Crippen LogP contribution >= 0.6 is 0 Å². The molecule has 0 unspecified atom stereocenters. The first-order valence-corrected chi connectivity index (χ1v) is 10.3. The van der Waals surface area contributed by atoms with Crippen LogP contribution in [-0.2, 0) is 15.6 Å². The predicted molar refractivity (Wildman–Crippen MR) is 93.7 cm³/mol. The molecular formula is C18H30O3Si. The lowest BCUT2D eigenvalue weighted by atomic mass is 10.1. The molecule has 1 aromatic rings. The average Bonchev–Trinajstić information content (AvgIpc) is 2.42. The highest BCUT2D eigenvalue weighted by atomic mass is 28.4. The van der Waals surface area contributed by atoms with E-state index in [-0.39, 0.29) is 0 Å². The second kappa shape index (κ2) is 7.93. The summed E-state index contributed by atoms with van der Waals surface area (Å²) < 4.78 is 6.43. The van der Waals surface area contributed by atoms with Crippen molar-refractivity contribution >= 4 is 14.3 Å². The van der Waals surface area contributed by atoms with Crippen molar-refractivity contribution in [3.05, 3.63) is 35.9 Å². The van der Waals surface area contributed by atoms with Crippen molar-refractivity contribution in [3.63, 3.8) is 0 Å². The first-order chi connectivity index (χ1) is 10.2. The van der Waals surface area contributed by atoms with E-state index < -0.39 is 20.4 Å². The van der Waals surface area contributed by atoms with Crippen LogP contribution in [0.15, 0.2) is 30.3 Å². The minimum Gasteiger partial charge on any atom is -0.479 e. The Morgan fingerprint density at radius 2 is 1.45 bits per heavy atom. The van der Waals surface area contributed by atoms with Crippen molar-refractivity contribution in [1.82, 2.24) is 0 Å². The number of hydrogen-bond acceptors (Lipinski definition) is 2. The number of benzene rings is 1. The molecule has 4 heteroatoms. The molecule has 0 aliphatic heterocycles. The van der Waals surface area contributed by atoms with Crippen molar-refractivity contribution in [3.8, 4) is 0 Å². The highest BCUT2D eigenvalue weighted by molar-refractivity contribution is 6.77. The number of hydrogen-bond donors (Lipinski definition) is 1. The minimum absolute atomic E-state index is 0.380. The Morgan fingerprint density at radius 3 is 1.82 bits per heavy atom. The fourth-order valence-corrected chi connectivity index (χ4v) is 9.16. The Morgan fingerprint density at radius 1 is 1.00 bits per heavy atom. The molecule has 0 aliphatic carbocycles. The van der Waals surface area contributed by atoms with Crippen LogP contribution in [0.4, 0.5) is 0 Å². The van der Waals surface area contributed by atoms with Crippen LogP contribution in [0.5, 0.6) is 0 Å². The summed E-state index contributed by atoms with van der Waals surface area (Å²) >= 11 is 0. The van der Waals surface area contributed by atoms with E-state index in [4.69, 9.17) is 4.43 Å². The van der Waals surface area contributed by atoms with Crippen LogP contribution in [0, 0.1) is 0 Å². The molecule has 0 amide bonds. The van der Waals surface area contributed by atoms with Gasteiger partial charge in [0.15, 0.2) is 0 Å². The van der Waals surface area contributed by atoms with Crippen molar-refractivity contribution in [1.29, 1.82) is 0 Å². The lowest BCUT2D eigenvalue weighted by Crippen LogP contribution is -2.52. The van der Waals surface area contributed by atoms with Gasteiger partial charge in [-0.15, -0.1) is 0 Å². The largest absolute Gasteiger partial charge is 0.479 e. The maximum Gasteiger partial charge on any atom is 0.331 e. The minimum atomic E-state index is -2.19. The number of carbonyl (C=O) groups is 1. The standard InChI is InChI=1S/C18H30O3Si/c1-13(2)22(14(3)4,15(5)6)21-17(18(19)20)12-16-10-8-7-9-11-16/h7-11,13-15,17H,12H2,1-6H3,(H,19,20)/t17-/m1/s1. The van der Waals surface area contributed by atoms with E-state index in [2.05, 4.69) is 41.5 Å². The molecule has 0 aliphatic rings. The second-order valence-electron chi connectivity index (χ2n) is 6.95. The Balaban J connectivity index is 3.07. The summed E-state index contributed by atoms with van der Waals surface area (Å²) in [4.78, 5) is 11.7. The van der Waals surface area contributed by atoms with E-state index in [1.165, 1.54) is 0 Å². The summed E-state index contributed by atoms with van der Waals surface area (Å²) in [5.74, 6) is -0.859. The Bertz CT molecular complexity index is 447. The topological polar surface area (TPSA) is 46.5 Å². The lowest BCUT2D eigenvalue weighted by molar-refractivity contribution is -0.145. The van der Waals surface area contributed by atoms with Gasteiger partial charge in [-0.05, 0) is 22.2 Å². The van der Waals surface area contributed by atoms with Gasteiger partial charge in [0.1, 0.15) is 6.10 Å². The van der Waals surface area contributed by atoms with Crippen molar-refractivity contribution in [2.75, 3.05) is 0 Å². The molecule has 22 heavy (non-hydrogen) atoms. The summed E-state index contributed by atoms with van der Waals surface area (Å²) in [6, 6.07) is 9.74. The van der Waals surface area contributed by atoms with Crippen LogP contribution in [0.3, 0.4) is 0 Å². The van der Waals surface area contributed by atoms with Crippen LogP contribution in [0.1, 0.15) is 47.1 Å². The van der Waals surface area contributed by atoms with E-state index in [0.717, 1.165) is 5.56 Å². The first kappa shape index (κ1) is 18.9. The van der Waals surface area contributed by atoms with E-state index in [0.29, 0.717) is 23.0 Å². The van der Waals surface area contributed by atoms with Crippen molar-refractivity contribution in [2.24, 2.45) is 0 Å². The van der Waals surface area contributed by atoms with Crippen molar-refractivity contribution < 1.29 is 14.3 Å². The monoisotopic (exact) mass is 322 g/mol. The van der Waals surface area contributed by atoms with Gasteiger partial charge < -0.3 is 9.53 Å². The number of aliphatic carboxylic acids is 1. The van der Waals surface area contributed by atoms with Crippen LogP contribution in [-0.4, -0.2) is 25.5 Å². The predicted octanol–water partition coefficient (Wildman–Crippen LogP) is 4.87. The molecule has 0 radical (unpaired) electrons. The van der Waals surface area contributed by atoms with E-state index in [1.807, 2.05) is 30.3 Å². The van der Waals surface area contributed by atoms with E-state index in [1.54, 1.807) is 0 Å². The Labute approximate surface area is 135 Å². The molecule has 0 aromatic heterocycles. The third-order valence-corrected chi connectivity index (χ3v) is 10.7. The maximum absolute atomic E-state index is 11.7. The third-order valence-electron chi connectivity index (χ3n) is 4.59. The normalized spacial score (nSPS) is 13.9. The van der Waals surface area contributed by atoms with Crippen molar-refractivity contribution in [2.45, 2.75) is 70.7 Å². The number of carboxylic acid groups (broad SMARTS) is 1. The molecule has 0 heterocycles. The van der Waals surface area contributed by atoms with Gasteiger partial charge in [0.2, 0.25) is 8.32 Å². The van der Waals surface area contributed by atoms with Gasteiger partial charge in [-0.3, -0.25) is 0 Å². The molecule has 0 saturated heterocycles. The van der Waals surface area contributed by atoms with E-state index >= 15 is 0 Å². The highest BCUT2D eigenvalue weighted by Gasteiger charge is 2.47. The van der Waals surface area contributed by atoms with Gasteiger partial charge in [-0.2, -0.15) is 0 Å². The number of rotatable bonds is 8. The second-order valence-corrected chi connectivity index (χ2v) is 12.4. The summed E-state index contributed by atoms with van der Waals surface area (Å²) in [7, 11) is -2.19. The van der Waals surface area contributed by atoms with Gasteiger partial charge in [0.05, 0.1) is 0 Å². The number of carboxylic acids is 1. The fraction of sp³-hybridized carbons (Fsp3) is 0.611. The molecule has 0 bridgehead atoms. The zero-order chi connectivity index (χ0) is 16.9. The molecule has 1 rings (SSSR count). The lowest BCUT2D eigenvalue weighted by Gasteiger charge is -2.43. The van der Waals surface area contributed by atoms with Gasteiger partial charge in [-0.25, -0.2) is 4.79 Å². The molecule has 0 fully saturated rings. The molecule has 1 N–H and O–H groups in total. The average molecular weight is 323 g/mol. The Hall–Kier alpha value is -1.13. The third kappa shape index (κ3) is 4.20. The fourth-order valence-electron chi connectivity index (χ4n) is 3.66. The molecule has 0 saturated carbocycles.